The number of hydrogen-bond donors (Lipinski definition) is 1. The number of nitrogens with one attached hydrogen (secondary N) is 1. The Labute approximate surface area is 163 Å². The van der Waals surface area contributed by atoms with E-state index in [-0.39, 0.29) is 11.3 Å². The average molecular weight is 387 g/mol. The maximum Gasteiger partial charge on any atom is 0.223 e. The highest BCUT2D eigenvalue weighted by Crippen LogP contribution is 2.52. The molecule has 1 N–H and O–H groups in total. The molecule has 2 heterocycles. The number of benzene rings is 2. The van der Waals surface area contributed by atoms with E-state index in [0.29, 0.717) is 23.0 Å². The van der Waals surface area contributed by atoms with Gasteiger partial charge in [0.05, 0.1) is 10.0 Å². The molecule has 0 spiro atoms. The molecular weight excluding hydrogens is 367 g/mol. The molecule has 3 nitrogen and oxygen atoms in total. The summed E-state index contributed by atoms with van der Waals surface area (Å²) in [5.74, 6) is 0.0592. The third-order valence-electron chi connectivity index (χ3n) is 5.62. The molecular formula is C21H20Cl2N2O. The summed E-state index contributed by atoms with van der Waals surface area (Å²) in [5, 5.41) is 4.29. The fraction of sp³-hybridized carbons (Fsp3) is 0.286. The van der Waals surface area contributed by atoms with Crippen molar-refractivity contribution >= 4 is 40.9 Å². The minimum absolute atomic E-state index is 0.0592. The number of hydrogen-bond acceptors (Lipinski definition) is 2. The summed E-state index contributed by atoms with van der Waals surface area (Å²) >= 11 is 12.5. The molecule has 1 fully saturated rings. The number of carbonyl (C=O) groups is 1. The van der Waals surface area contributed by atoms with Crippen molar-refractivity contribution < 1.29 is 4.79 Å². The Morgan fingerprint density at radius 1 is 1.12 bits per heavy atom. The summed E-state index contributed by atoms with van der Waals surface area (Å²) in [5.41, 5.74) is 2.28. The zero-order valence-electron chi connectivity index (χ0n) is 14.7. The quantitative estimate of drug-likeness (QED) is 0.785. The molecule has 0 saturated carbocycles. The van der Waals surface area contributed by atoms with Gasteiger partial charge in [-0.05, 0) is 29.3 Å². The molecule has 134 valence electrons. The largest absolute Gasteiger partial charge is 0.344 e. The number of carbonyl (C=O) groups excluding carboxylic acids is 1. The highest BCUT2D eigenvalue weighted by molar-refractivity contribution is 6.42. The summed E-state index contributed by atoms with van der Waals surface area (Å²) in [6.45, 7) is 5.02. The second-order valence-electron chi connectivity index (χ2n) is 7.33. The number of anilines is 1. The van der Waals surface area contributed by atoms with Gasteiger partial charge in [-0.15, -0.1) is 0 Å². The lowest BCUT2D eigenvalue weighted by molar-refractivity contribution is -0.124. The van der Waals surface area contributed by atoms with Gasteiger partial charge in [-0.3, -0.25) is 4.79 Å². The summed E-state index contributed by atoms with van der Waals surface area (Å²) in [7, 11) is 0. The summed E-state index contributed by atoms with van der Waals surface area (Å²) in [4.78, 5) is 14.7. The van der Waals surface area contributed by atoms with Gasteiger partial charge in [-0.1, -0.05) is 73.5 Å². The smallest absolute Gasteiger partial charge is 0.223 e. The van der Waals surface area contributed by atoms with Crippen molar-refractivity contribution in [3.05, 3.63) is 69.7 Å². The topological polar surface area (TPSA) is 32.3 Å². The van der Waals surface area contributed by atoms with Gasteiger partial charge in [0.1, 0.15) is 5.66 Å². The molecule has 0 radical (unpaired) electrons. The Balaban J connectivity index is 1.86. The van der Waals surface area contributed by atoms with E-state index in [1.807, 2.05) is 30.3 Å². The Bertz CT molecular complexity index is 922. The summed E-state index contributed by atoms with van der Waals surface area (Å²) < 4.78 is 0. The first-order chi connectivity index (χ1) is 12.4. The SMILES string of the molecule is CC1(C)c2ccccc2N2CCC(=O)N[C@@]21/C=C/c1cccc(Cl)c1Cl. The van der Waals surface area contributed by atoms with Gasteiger partial charge < -0.3 is 10.2 Å². The van der Waals surface area contributed by atoms with Crippen LogP contribution in [-0.4, -0.2) is 18.1 Å². The molecule has 5 heteroatoms. The maximum atomic E-state index is 12.4. The third kappa shape index (κ3) is 2.38. The Morgan fingerprint density at radius 3 is 2.69 bits per heavy atom. The number of fused-ring (bicyclic) bond motifs is 3. The van der Waals surface area contributed by atoms with Gasteiger partial charge in [-0.2, -0.15) is 0 Å². The van der Waals surface area contributed by atoms with E-state index in [9.17, 15) is 4.79 Å². The van der Waals surface area contributed by atoms with Crippen molar-refractivity contribution in [2.45, 2.75) is 31.3 Å². The Hall–Kier alpha value is -1.97. The molecule has 2 aromatic carbocycles. The van der Waals surface area contributed by atoms with Gasteiger partial charge in [0, 0.05) is 24.1 Å². The maximum absolute atomic E-state index is 12.4. The van der Waals surface area contributed by atoms with Crippen LogP contribution in [0.3, 0.4) is 0 Å². The van der Waals surface area contributed by atoms with Crippen LogP contribution in [0, 0.1) is 0 Å². The van der Waals surface area contributed by atoms with Crippen LogP contribution in [-0.2, 0) is 10.2 Å². The second kappa shape index (κ2) is 6.04. The molecule has 4 rings (SSSR count). The van der Waals surface area contributed by atoms with Crippen LogP contribution in [0.1, 0.15) is 31.4 Å². The van der Waals surface area contributed by atoms with Gasteiger partial charge in [0.2, 0.25) is 5.91 Å². The minimum Gasteiger partial charge on any atom is -0.344 e. The molecule has 1 atom stereocenters. The number of nitrogens with zero attached hydrogens (tertiary/aromatic N) is 1. The molecule has 0 aromatic heterocycles. The number of halogens is 2. The van der Waals surface area contributed by atoms with Gasteiger partial charge in [-0.25, -0.2) is 0 Å². The van der Waals surface area contributed by atoms with E-state index in [1.165, 1.54) is 11.3 Å². The first kappa shape index (κ1) is 17.4. The predicted octanol–water partition coefficient (Wildman–Crippen LogP) is 5.02. The monoisotopic (exact) mass is 386 g/mol. The number of amides is 1. The van der Waals surface area contributed by atoms with E-state index in [1.54, 1.807) is 6.07 Å². The zero-order valence-corrected chi connectivity index (χ0v) is 16.2. The highest BCUT2D eigenvalue weighted by atomic mass is 35.5. The van der Waals surface area contributed by atoms with Crippen LogP contribution in [0.2, 0.25) is 10.0 Å². The van der Waals surface area contributed by atoms with Gasteiger partial charge in [0.15, 0.2) is 0 Å². The molecule has 2 aromatic rings. The summed E-state index contributed by atoms with van der Waals surface area (Å²) in [6, 6.07) is 13.9. The molecule has 0 bridgehead atoms. The van der Waals surface area contributed by atoms with Crippen LogP contribution in [0.4, 0.5) is 5.69 Å². The van der Waals surface area contributed by atoms with Crippen LogP contribution in [0.5, 0.6) is 0 Å². The van der Waals surface area contributed by atoms with E-state index >= 15 is 0 Å². The average Bonchev–Trinajstić information content (AvgIpc) is 2.81. The van der Waals surface area contributed by atoms with Crippen molar-refractivity contribution in [2.75, 3.05) is 11.4 Å². The molecule has 0 aliphatic carbocycles. The van der Waals surface area contributed by atoms with Crippen LogP contribution in [0.25, 0.3) is 6.08 Å². The van der Waals surface area contributed by atoms with Crippen molar-refractivity contribution in [3.63, 3.8) is 0 Å². The zero-order chi connectivity index (χ0) is 18.5. The standard InChI is InChI=1S/C21H20Cl2N2O/c1-20(2)15-7-3-4-9-17(15)25-13-11-18(26)24-21(20,25)12-10-14-6-5-8-16(22)19(14)23/h3-10,12H,11,13H2,1-2H3,(H,24,26)/b12-10+/t21-/m0/s1. The molecule has 26 heavy (non-hydrogen) atoms. The summed E-state index contributed by atoms with van der Waals surface area (Å²) in [6.07, 6.45) is 4.50. The van der Waals surface area contributed by atoms with Gasteiger partial charge in [0.25, 0.3) is 0 Å². The lowest BCUT2D eigenvalue weighted by Gasteiger charge is -2.49. The Morgan fingerprint density at radius 2 is 1.88 bits per heavy atom. The van der Waals surface area contributed by atoms with Crippen LogP contribution < -0.4 is 10.2 Å². The van der Waals surface area contributed by atoms with Crippen molar-refractivity contribution in [2.24, 2.45) is 0 Å². The first-order valence-corrected chi connectivity index (χ1v) is 9.44. The van der Waals surface area contributed by atoms with Crippen LogP contribution >= 0.6 is 23.2 Å². The lowest BCUT2D eigenvalue weighted by atomic mass is 9.74. The van der Waals surface area contributed by atoms with Crippen molar-refractivity contribution in [1.29, 1.82) is 0 Å². The molecule has 1 saturated heterocycles. The molecule has 2 aliphatic rings. The Kier molecular flexibility index (Phi) is 4.05. The highest BCUT2D eigenvalue weighted by Gasteiger charge is 2.57. The van der Waals surface area contributed by atoms with E-state index in [4.69, 9.17) is 23.2 Å². The molecule has 2 aliphatic heterocycles. The third-order valence-corrected chi connectivity index (χ3v) is 6.46. The van der Waals surface area contributed by atoms with E-state index in [2.05, 4.69) is 42.3 Å². The van der Waals surface area contributed by atoms with Crippen LogP contribution in [0.15, 0.2) is 48.5 Å². The second-order valence-corrected chi connectivity index (χ2v) is 8.12. The molecule has 0 unspecified atom stereocenters. The van der Waals surface area contributed by atoms with E-state index < -0.39 is 5.66 Å². The lowest BCUT2D eigenvalue weighted by Crippen LogP contribution is -2.68. The van der Waals surface area contributed by atoms with E-state index in [0.717, 1.165) is 5.56 Å². The minimum atomic E-state index is -0.641. The fourth-order valence-corrected chi connectivity index (χ4v) is 4.55. The normalized spacial score (nSPS) is 23.7. The fourth-order valence-electron chi connectivity index (χ4n) is 4.18. The molecule has 1 amide bonds. The first-order valence-electron chi connectivity index (χ1n) is 8.68. The van der Waals surface area contributed by atoms with Crippen molar-refractivity contribution in [1.82, 2.24) is 5.32 Å². The number of rotatable bonds is 2. The van der Waals surface area contributed by atoms with Crippen molar-refractivity contribution in [3.8, 4) is 0 Å². The predicted molar refractivity (Wildman–Crippen MR) is 108 cm³/mol. The van der Waals surface area contributed by atoms with Gasteiger partial charge >= 0.3 is 0 Å². The number of para-hydroxylation sites is 1.